The molecule has 0 aliphatic rings. The molecule has 2 N–H and O–H groups in total. The maximum atomic E-state index is 12.9. The minimum absolute atomic E-state index is 0.250. The summed E-state index contributed by atoms with van der Waals surface area (Å²) in [5.74, 6) is 0.232. The molecule has 0 saturated heterocycles. The minimum atomic E-state index is -0.477. The van der Waals surface area contributed by atoms with E-state index in [2.05, 4.69) is 15.8 Å². The van der Waals surface area contributed by atoms with Crippen molar-refractivity contribution in [1.82, 2.24) is 5.43 Å². The number of nitrogens with one attached hydrogen (secondary N) is 2. The van der Waals surface area contributed by atoms with Crippen molar-refractivity contribution in [2.45, 2.75) is 0 Å². The average Bonchev–Trinajstić information content (AvgIpc) is 2.76. The number of ether oxygens (including phenoxy) is 2. The van der Waals surface area contributed by atoms with E-state index in [1.54, 1.807) is 67.8 Å². The fourth-order valence-electron chi connectivity index (χ4n) is 2.41. The van der Waals surface area contributed by atoms with Crippen molar-refractivity contribution in [3.8, 4) is 11.5 Å². The third kappa shape index (κ3) is 6.11. The number of thiocarbonyl (C=S) groups is 1. The average molecular weight is 423 g/mol. The van der Waals surface area contributed by atoms with E-state index in [-0.39, 0.29) is 10.9 Å². The molecule has 0 aromatic heterocycles. The summed E-state index contributed by atoms with van der Waals surface area (Å²) in [5.41, 5.74) is 4.42. The molecular formula is C22H18FN3O3S. The van der Waals surface area contributed by atoms with E-state index in [0.29, 0.717) is 28.3 Å². The topological polar surface area (TPSA) is 72.0 Å². The Hall–Kier alpha value is -3.78. The van der Waals surface area contributed by atoms with Gasteiger partial charge in [0, 0.05) is 5.69 Å². The van der Waals surface area contributed by atoms with Gasteiger partial charge in [-0.25, -0.2) is 9.18 Å². The van der Waals surface area contributed by atoms with E-state index in [9.17, 15) is 9.18 Å². The van der Waals surface area contributed by atoms with Gasteiger partial charge in [-0.3, -0.25) is 5.43 Å². The summed E-state index contributed by atoms with van der Waals surface area (Å²) >= 11 is 5.13. The molecule has 3 aromatic rings. The third-order valence-corrected chi connectivity index (χ3v) is 4.07. The number of carbonyl (C=O) groups is 1. The van der Waals surface area contributed by atoms with Gasteiger partial charge in [-0.2, -0.15) is 5.10 Å². The number of rotatable bonds is 6. The lowest BCUT2D eigenvalue weighted by molar-refractivity contribution is 0.0734. The molecule has 0 radical (unpaired) electrons. The highest BCUT2D eigenvalue weighted by molar-refractivity contribution is 7.80. The van der Waals surface area contributed by atoms with Crippen molar-refractivity contribution in [3.05, 3.63) is 89.7 Å². The second kappa shape index (κ2) is 10.1. The number of hydrogen-bond donors (Lipinski definition) is 2. The van der Waals surface area contributed by atoms with E-state index in [4.69, 9.17) is 21.7 Å². The highest BCUT2D eigenvalue weighted by Gasteiger charge is 2.09. The van der Waals surface area contributed by atoms with Gasteiger partial charge in [0.15, 0.2) is 5.11 Å². The van der Waals surface area contributed by atoms with E-state index in [1.165, 1.54) is 18.3 Å². The molecule has 6 nitrogen and oxygen atoms in total. The van der Waals surface area contributed by atoms with E-state index in [1.807, 2.05) is 0 Å². The smallest absolute Gasteiger partial charge is 0.343 e. The summed E-state index contributed by atoms with van der Waals surface area (Å²) in [6.07, 6.45) is 1.53. The van der Waals surface area contributed by atoms with Gasteiger partial charge in [0.05, 0.1) is 18.9 Å². The van der Waals surface area contributed by atoms with Crippen LogP contribution in [0, 0.1) is 5.82 Å². The lowest BCUT2D eigenvalue weighted by atomic mass is 10.2. The van der Waals surface area contributed by atoms with Crippen LogP contribution in [-0.2, 0) is 0 Å². The number of halogens is 1. The first-order chi connectivity index (χ1) is 14.5. The third-order valence-electron chi connectivity index (χ3n) is 3.88. The molecule has 3 aromatic carbocycles. The predicted molar refractivity (Wildman–Crippen MR) is 118 cm³/mol. The Bertz CT molecular complexity index is 1050. The van der Waals surface area contributed by atoms with Gasteiger partial charge >= 0.3 is 5.97 Å². The van der Waals surface area contributed by atoms with Crippen LogP contribution in [0.5, 0.6) is 11.5 Å². The van der Waals surface area contributed by atoms with Crippen LogP contribution >= 0.6 is 12.2 Å². The number of methoxy groups -OCH3 is 1. The zero-order chi connectivity index (χ0) is 21.3. The molecule has 0 saturated carbocycles. The first-order valence-electron chi connectivity index (χ1n) is 8.85. The largest absolute Gasteiger partial charge is 0.497 e. The van der Waals surface area contributed by atoms with Crippen LogP contribution in [0.25, 0.3) is 0 Å². The minimum Gasteiger partial charge on any atom is -0.497 e. The Morgan fingerprint density at radius 1 is 1.03 bits per heavy atom. The lowest BCUT2D eigenvalue weighted by Crippen LogP contribution is -2.23. The van der Waals surface area contributed by atoms with Crippen molar-refractivity contribution >= 4 is 35.2 Å². The molecule has 3 rings (SSSR count). The number of hydrogen-bond acceptors (Lipinski definition) is 5. The van der Waals surface area contributed by atoms with Gasteiger partial charge in [0.1, 0.15) is 17.3 Å². The summed E-state index contributed by atoms with van der Waals surface area (Å²) < 4.78 is 23.4. The normalized spacial score (nSPS) is 10.5. The predicted octanol–water partition coefficient (Wildman–Crippen LogP) is 4.37. The number of carbonyl (C=O) groups excluding carboxylic acids is 1. The summed E-state index contributed by atoms with van der Waals surface area (Å²) in [6.45, 7) is 0. The highest BCUT2D eigenvalue weighted by atomic mass is 32.1. The summed E-state index contributed by atoms with van der Waals surface area (Å²) in [7, 11) is 1.56. The number of anilines is 1. The van der Waals surface area contributed by atoms with Crippen molar-refractivity contribution in [3.63, 3.8) is 0 Å². The summed E-state index contributed by atoms with van der Waals surface area (Å²) in [5, 5.41) is 7.18. The Balaban J connectivity index is 1.55. The quantitative estimate of drug-likeness (QED) is 0.202. The fourth-order valence-corrected chi connectivity index (χ4v) is 2.58. The first-order valence-corrected chi connectivity index (χ1v) is 9.26. The maximum absolute atomic E-state index is 12.9. The van der Waals surface area contributed by atoms with Crippen molar-refractivity contribution in [2.24, 2.45) is 5.10 Å². The molecule has 0 atom stereocenters. The maximum Gasteiger partial charge on any atom is 0.343 e. The van der Waals surface area contributed by atoms with Crippen LogP contribution in [0.3, 0.4) is 0 Å². The monoisotopic (exact) mass is 423 g/mol. The molecule has 0 fully saturated rings. The molecule has 0 amide bonds. The van der Waals surface area contributed by atoms with Gasteiger partial charge in [-0.05, 0) is 78.4 Å². The molecule has 0 spiro atoms. The van der Waals surface area contributed by atoms with Crippen LogP contribution in [0.1, 0.15) is 15.9 Å². The lowest BCUT2D eigenvalue weighted by Gasteiger charge is -2.07. The summed E-state index contributed by atoms with van der Waals surface area (Å²) in [6, 6.07) is 19.3. The SMILES string of the molecule is COc1ccc(C(=O)Oc2cccc(/C=N/NC(=S)Nc3ccc(F)cc3)c2)cc1. The van der Waals surface area contributed by atoms with E-state index >= 15 is 0 Å². The zero-order valence-electron chi connectivity index (χ0n) is 16.0. The van der Waals surface area contributed by atoms with Crippen molar-refractivity contribution < 1.29 is 18.7 Å². The van der Waals surface area contributed by atoms with Crippen LogP contribution < -0.4 is 20.2 Å². The molecule has 0 bridgehead atoms. The van der Waals surface area contributed by atoms with Gasteiger partial charge in [-0.15, -0.1) is 0 Å². The number of benzene rings is 3. The number of nitrogens with zero attached hydrogens (tertiary/aromatic N) is 1. The molecule has 30 heavy (non-hydrogen) atoms. The van der Waals surface area contributed by atoms with Gasteiger partial charge < -0.3 is 14.8 Å². The molecule has 0 aliphatic carbocycles. The molecule has 8 heteroatoms. The van der Waals surface area contributed by atoms with Gasteiger partial charge in [-0.1, -0.05) is 12.1 Å². The Labute approximate surface area is 178 Å². The summed E-state index contributed by atoms with van der Waals surface area (Å²) in [4.78, 5) is 12.3. The standard InChI is InChI=1S/C22H18FN3O3S/c1-28-19-11-5-16(6-12-19)21(27)29-20-4-2-3-15(13-20)14-24-26-22(30)25-18-9-7-17(23)8-10-18/h2-14H,1H3,(H2,25,26,30)/b24-14+. The Kier molecular flexibility index (Phi) is 7.07. The van der Waals surface area contributed by atoms with Crippen LogP contribution in [-0.4, -0.2) is 24.4 Å². The molecule has 0 unspecified atom stereocenters. The van der Waals surface area contributed by atoms with Crippen molar-refractivity contribution in [1.29, 1.82) is 0 Å². The van der Waals surface area contributed by atoms with Gasteiger partial charge in [0.25, 0.3) is 0 Å². The molecule has 152 valence electrons. The highest BCUT2D eigenvalue weighted by Crippen LogP contribution is 2.16. The second-order valence-corrected chi connectivity index (χ2v) is 6.43. The Morgan fingerprint density at radius 2 is 1.77 bits per heavy atom. The number of hydrazone groups is 1. The first kappa shape index (κ1) is 20.9. The fraction of sp³-hybridized carbons (Fsp3) is 0.0455. The Morgan fingerprint density at radius 3 is 2.47 bits per heavy atom. The van der Waals surface area contributed by atoms with E-state index in [0.717, 1.165) is 0 Å². The second-order valence-electron chi connectivity index (χ2n) is 6.02. The number of esters is 1. The zero-order valence-corrected chi connectivity index (χ0v) is 16.8. The van der Waals surface area contributed by atoms with Crippen LogP contribution in [0.15, 0.2) is 77.9 Å². The van der Waals surface area contributed by atoms with E-state index < -0.39 is 5.97 Å². The van der Waals surface area contributed by atoms with Crippen LogP contribution in [0.2, 0.25) is 0 Å². The molecule has 0 heterocycles. The molecule has 0 aliphatic heterocycles. The molecular weight excluding hydrogens is 405 g/mol. The van der Waals surface area contributed by atoms with Gasteiger partial charge in [0.2, 0.25) is 0 Å². The van der Waals surface area contributed by atoms with Crippen molar-refractivity contribution in [2.75, 3.05) is 12.4 Å². The van der Waals surface area contributed by atoms with Crippen LogP contribution in [0.4, 0.5) is 10.1 Å².